The number of rotatable bonds is 3. The molecule has 2 saturated carbocycles. The first-order chi connectivity index (χ1) is 7.58. The van der Waals surface area contributed by atoms with Crippen molar-refractivity contribution in [3.63, 3.8) is 0 Å². The van der Waals surface area contributed by atoms with Crippen molar-refractivity contribution in [1.29, 1.82) is 0 Å². The molecule has 0 aliphatic heterocycles. The highest BCUT2D eigenvalue weighted by molar-refractivity contribution is 6.74. The second-order valence-electron chi connectivity index (χ2n) is 7.57. The van der Waals surface area contributed by atoms with Crippen molar-refractivity contribution in [2.24, 2.45) is 11.3 Å². The molecule has 0 saturated heterocycles. The summed E-state index contributed by atoms with van der Waals surface area (Å²) in [4.78, 5) is 11.5. The SMILES string of the molecule is CC(O[Si](C)(C)C(C)(C)C)[C@]12CC(=O)C[C@H]1C2. The number of Topliss-reactive ketones (excluding diaryl/α,β-unsaturated/α-hetero) is 1. The molecule has 0 aromatic heterocycles. The average Bonchev–Trinajstić information content (AvgIpc) is 2.68. The first-order valence-corrected chi connectivity index (χ1v) is 9.69. The van der Waals surface area contributed by atoms with Crippen LogP contribution in [-0.2, 0) is 9.22 Å². The first kappa shape index (κ1) is 13.3. The minimum atomic E-state index is -1.69. The van der Waals surface area contributed by atoms with E-state index in [2.05, 4.69) is 40.8 Å². The minimum absolute atomic E-state index is 0.229. The van der Waals surface area contributed by atoms with E-state index in [0.29, 0.717) is 11.7 Å². The molecule has 0 bridgehead atoms. The fourth-order valence-electron chi connectivity index (χ4n) is 2.98. The molecule has 2 fully saturated rings. The van der Waals surface area contributed by atoms with E-state index in [4.69, 9.17) is 4.43 Å². The van der Waals surface area contributed by atoms with Gasteiger partial charge in [0.15, 0.2) is 8.32 Å². The predicted molar refractivity (Wildman–Crippen MR) is 72.5 cm³/mol. The third-order valence-electron chi connectivity index (χ3n) is 5.37. The highest BCUT2D eigenvalue weighted by atomic mass is 28.4. The van der Waals surface area contributed by atoms with E-state index in [9.17, 15) is 4.79 Å². The van der Waals surface area contributed by atoms with E-state index >= 15 is 0 Å². The largest absolute Gasteiger partial charge is 0.414 e. The van der Waals surface area contributed by atoms with Crippen LogP contribution in [0.1, 0.15) is 47.0 Å². The number of fused-ring (bicyclic) bond motifs is 1. The van der Waals surface area contributed by atoms with Crippen LogP contribution in [0, 0.1) is 11.3 Å². The average molecular weight is 254 g/mol. The molecule has 3 atom stereocenters. The Morgan fingerprint density at radius 1 is 1.41 bits per heavy atom. The summed E-state index contributed by atoms with van der Waals surface area (Å²) in [5, 5.41) is 0.255. The molecule has 98 valence electrons. The molecule has 0 aromatic rings. The fraction of sp³-hybridized carbons (Fsp3) is 0.929. The van der Waals surface area contributed by atoms with Crippen LogP contribution in [0.4, 0.5) is 0 Å². The van der Waals surface area contributed by atoms with Crippen LogP contribution in [0.25, 0.3) is 0 Å². The number of hydrogen-bond acceptors (Lipinski definition) is 2. The van der Waals surface area contributed by atoms with Crippen LogP contribution >= 0.6 is 0 Å². The second-order valence-corrected chi connectivity index (χ2v) is 12.3. The highest BCUT2D eigenvalue weighted by Crippen LogP contribution is 2.65. The Labute approximate surface area is 106 Å². The maximum atomic E-state index is 11.5. The van der Waals surface area contributed by atoms with Crippen molar-refractivity contribution in [3.8, 4) is 0 Å². The van der Waals surface area contributed by atoms with Crippen LogP contribution in [0.5, 0.6) is 0 Å². The molecule has 2 aliphatic carbocycles. The van der Waals surface area contributed by atoms with E-state index in [0.717, 1.165) is 12.8 Å². The lowest BCUT2D eigenvalue weighted by Gasteiger charge is -2.40. The topological polar surface area (TPSA) is 26.3 Å². The number of hydrogen-bond donors (Lipinski definition) is 0. The van der Waals surface area contributed by atoms with Crippen molar-refractivity contribution in [2.75, 3.05) is 0 Å². The van der Waals surface area contributed by atoms with Gasteiger partial charge in [0, 0.05) is 24.4 Å². The van der Waals surface area contributed by atoms with Gasteiger partial charge in [0.05, 0.1) is 0 Å². The molecule has 2 rings (SSSR count). The summed E-state index contributed by atoms with van der Waals surface area (Å²) >= 11 is 0. The smallest absolute Gasteiger partial charge is 0.192 e. The zero-order valence-electron chi connectivity index (χ0n) is 12.1. The Bertz CT molecular complexity index is 343. The maximum absolute atomic E-state index is 11.5. The van der Waals surface area contributed by atoms with Gasteiger partial charge in [-0.05, 0) is 37.4 Å². The van der Waals surface area contributed by atoms with Crippen molar-refractivity contribution in [2.45, 2.75) is 71.2 Å². The lowest BCUT2D eigenvalue weighted by molar-refractivity contribution is -0.119. The number of carbonyl (C=O) groups is 1. The van der Waals surface area contributed by atoms with Crippen molar-refractivity contribution >= 4 is 14.1 Å². The predicted octanol–water partition coefficient (Wildman–Crippen LogP) is 3.77. The Hall–Kier alpha value is -0.153. The monoisotopic (exact) mass is 254 g/mol. The van der Waals surface area contributed by atoms with Crippen molar-refractivity contribution < 1.29 is 9.22 Å². The van der Waals surface area contributed by atoms with Crippen LogP contribution < -0.4 is 0 Å². The Morgan fingerprint density at radius 2 is 2.00 bits per heavy atom. The fourth-order valence-corrected chi connectivity index (χ4v) is 4.46. The number of ketones is 1. The zero-order chi connectivity index (χ0) is 13.1. The third-order valence-corrected chi connectivity index (χ3v) is 9.92. The molecule has 0 heterocycles. The molecular weight excluding hydrogens is 228 g/mol. The van der Waals surface area contributed by atoms with Gasteiger partial charge in [-0.1, -0.05) is 20.8 Å². The molecule has 0 N–H and O–H groups in total. The van der Waals surface area contributed by atoms with Gasteiger partial charge in [-0.25, -0.2) is 0 Å². The number of carbonyl (C=O) groups excluding carboxylic acids is 1. The van der Waals surface area contributed by atoms with E-state index in [1.165, 1.54) is 6.42 Å². The van der Waals surface area contributed by atoms with Crippen LogP contribution in [-0.4, -0.2) is 20.2 Å². The molecule has 3 heteroatoms. The molecule has 0 aromatic carbocycles. The summed E-state index contributed by atoms with van der Waals surface area (Å²) < 4.78 is 6.47. The van der Waals surface area contributed by atoms with Crippen LogP contribution in [0.15, 0.2) is 0 Å². The van der Waals surface area contributed by atoms with Gasteiger partial charge < -0.3 is 4.43 Å². The Morgan fingerprint density at radius 3 is 2.41 bits per heavy atom. The lowest BCUT2D eigenvalue weighted by atomic mass is 9.97. The van der Waals surface area contributed by atoms with E-state index < -0.39 is 8.32 Å². The zero-order valence-corrected chi connectivity index (χ0v) is 13.1. The standard InChI is InChI=1S/C14H26O2Si/c1-10(16-17(5,6)13(2,3)4)14-8-11(14)7-12(15)9-14/h10-11H,7-9H2,1-6H3/t10?,11-,14-/m0/s1. The third kappa shape index (κ3) is 2.12. The minimum Gasteiger partial charge on any atom is -0.414 e. The molecule has 2 nitrogen and oxygen atoms in total. The molecule has 17 heavy (non-hydrogen) atoms. The summed E-state index contributed by atoms with van der Waals surface area (Å²) in [6.07, 6.45) is 3.06. The molecule has 0 radical (unpaired) electrons. The lowest BCUT2D eigenvalue weighted by Crippen LogP contribution is -2.45. The summed E-state index contributed by atoms with van der Waals surface area (Å²) in [5.41, 5.74) is 0.229. The Balaban J connectivity index is 2.04. The summed E-state index contributed by atoms with van der Waals surface area (Å²) in [5.74, 6) is 1.08. The van der Waals surface area contributed by atoms with Crippen LogP contribution in [0.3, 0.4) is 0 Å². The highest BCUT2D eigenvalue weighted by Gasteiger charge is 2.64. The van der Waals surface area contributed by atoms with Crippen molar-refractivity contribution in [3.05, 3.63) is 0 Å². The Kier molecular flexibility index (Phi) is 2.87. The normalized spacial score (nSPS) is 34.7. The molecule has 0 spiro atoms. The van der Waals surface area contributed by atoms with Gasteiger partial charge in [0.1, 0.15) is 5.78 Å². The van der Waals surface area contributed by atoms with Crippen molar-refractivity contribution in [1.82, 2.24) is 0 Å². The maximum Gasteiger partial charge on any atom is 0.192 e. The van der Waals surface area contributed by atoms with E-state index in [1.54, 1.807) is 0 Å². The quantitative estimate of drug-likeness (QED) is 0.717. The van der Waals surface area contributed by atoms with Gasteiger partial charge in [-0.3, -0.25) is 4.79 Å². The van der Waals surface area contributed by atoms with Gasteiger partial charge in [0.25, 0.3) is 0 Å². The molecular formula is C14H26O2Si. The summed E-state index contributed by atoms with van der Waals surface area (Å²) in [7, 11) is -1.69. The van der Waals surface area contributed by atoms with Gasteiger partial charge in [-0.15, -0.1) is 0 Å². The second kappa shape index (κ2) is 3.67. The van der Waals surface area contributed by atoms with Crippen LogP contribution in [0.2, 0.25) is 18.1 Å². The van der Waals surface area contributed by atoms with Gasteiger partial charge >= 0.3 is 0 Å². The molecule has 1 unspecified atom stereocenters. The van der Waals surface area contributed by atoms with E-state index in [1.807, 2.05) is 0 Å². The summed E-state index contributed by atoms with van der Waals surface area (Å²) in [6.45, 7) is 13.6. The summed E-state index contributed by atoms with van der Waals surface area (Å²) in [6, 6.07) is 0. The first-order valence-electron chi connectivity index (χ1n) is 6.78. The molecule has 0 amide bonds. The van der Waals surface area contributed by atoms with Gasteiger partial charge in [-0.2, -0.15) is 0 Å². The van der Waals surface area contributed by atoms with Gasteiger partial charge in [0.2, 0.25) is 0 Å². The molecule has 2 aliphatic rings. The van der Waals surface area contributed by atoms with E-state index in [-0.39, 0.29) is 16.6 Å².